The normalized spacial score (nSPS) is 10.5. The summed E-state index contributed by atoms with van der Waals surface area (Å²) >= 11 is 5.34. The van der Waals surface area contributed by atoms with Gasteiger partial charge < -0.3 is 4.98 Å². The Morgan fingerprint density at radius 3 is 2.55 bits per heavy atom. The molecule has 0 aromatic carbocycles. The highest BCUT2D eigenvalue weighted by atomic mass is 35.5. The van der Waals surface area contributed by atoms with E-state index < -0.39 is 17.7 Å². The molecule has 1 aromatic rings. The third-order valence-corrected chi connectivity index (χ3v) is 1.28. The lowest BCUT2D eigenvalue weighted by Gasteiger charge is -1.97. The SMILES string of the molecule is O=c1cc(Cl)cc(C(F)F)[nH]1. The number of rotatable bonds is 1. The minimum absolute atomic E-state index is 0.0176. The lowest BCUT2D eigenvalue weighted by atomic mass is 10.4. The van der Waals surface area contributed by atoms with Crippen molar-refractivity contribution in [1.82, 2.24) is 4.98 Å². The fourth-order valence-corrected chi connectivity index (χ4v) is 0.864. The van der Waals surface area contributed by atoms with Gasteiger partial charge in [0.25, 0.3) is 6.43 Å². The summed E-state index contributed by atoms with van der Waals surface area (Å²) in [7, 11) is 0. The lowest BCUT2D eigenvalue weighted by Crippen LogP contribution is -2.07. The largest absolute Gasteiger partial charge is 0.321 e. The van der Waals surface area contributed by atoms with E-state index in [0.717, 1.165) is 12.1 Å². The number of alkyl halides is 2. The summed E-state index contributed by atoms with van der Waals surface area (Å²) in [6, 6.07) is 2.06. The van der Waals surface area contributed by atoms with Gasteiger partial charge in [0, 0.05) is 11.1 Å². The first-order chi connectivity index (χ1) is 5.09. The van der Waals surface area contributed by atoms with Crippen molar-refractivity contribution in [3.05, 3.63) is 33.2 Å². The van der Waals surface area contributed by atoms with Crippen LogP contribution in [-0.4, -0.2) is 4.98 Å². The molecule has 0 saturated carbocycles. The van der Waals surface area contributed by atoms with Gasteiger partial charge in [-0.1, -0.05) is 11.6 Å². The molecule has 1 N–H and O–H groups in total. The molecule has 0 aliphatic rings. The average Bonchev–Trinajstić information content (AvgIpc) is 1.85. The zero-order chi connectivity index (χ0) is 8.43. The molecule has 2 nitrogen and oxygen atoms in total. The summed E-state index contributed by atoms with van der Waals surface area (Å²) in [5, 5.41) is 0.0176. The van der Waals surface area contributed by atoms with Crippen LogP contribution in [0, 0.1) is 0 Å². The topological polar surface area (TPSA) is 32.9 Å². The minimum atomic E-state index is -2.69. The number of hydrogen-bond acceptors (Lipinski definition) is 1. The Morgan fingerprint density at radius 1 is 1.45 bits per heavy atom. The van der Waals surface area contributed by atoms with Crippen molar-refractivity contribution in [3.63, 3.8) is 0 Å². The van der Waals surface area contributed by atoms with Crippen molar-refractivity contribution >= 4 is 11.6 Å². The van der Waals surface area contributed by atoms with Crippen LogP contribution >= 0.6 is 11.6 Å². The molecular formula is C6H4ClF2NO. The Bertz CT molecular complexity index is 310. The van der Waals surface area contributed by atoms with Crippen LogP contribution in [0.5, 0.6) is 0 Å². The summed E-state index contributed by atoms with van der Waals surface area (Å²) in [5.41, 5.74) is -1.07. The van der Waals surface area contributed by atoms with Crippen molar-refractivity contribution in [1.29, 1.82) is 0 Å². The standard InChI is InChI=1S/C6H4ClF2NO/c7-3-1-4(6(8)9)10-5(11)2-3/h1-2,6H,(H,10,11). The van der Waals surface area contributed by atoms with E-state index in [-0.39, 0.29) is 5.02 Å². The van der Waals surface area contributed by atoms with E-state index >= 15 is 0 Å². The zero-order valence-electron chi connectivity index (χ0n) is 5.27. The van der Waals surface area contributed by atoms with Gasteiger partial charge in [0.05, 0.1) is 5.69 Å². The van der Waals surface area contributed by atoms with Gasteiger partial charge in [0.15, 0.2) is 0 Å². The molecule has 1 rings (SSSR count). The van der Waals surface area contributed by atoms with Gasteiger partial charge >= 0.3 is 0 Å². The summed E-state index contributed by atoms with van der Waals surface area (Å²) in [4.78, 5) is 12.5. The molecule has 11 heavy (non-hydrogen) atoms. The molecule has 0 spiro atoms. The quantitative estimate of drug-likeness (QED) is 0.703. The Kier molecular flexibility index (Phi) is 2.24. The monoisotopic (exact) mass is 179 g/mol. The Balaban J connectivity index is 3.19. The highest BCUT2D eigenvalue weighted by Gasteiger charge is 2.07. The number of nitrogens with one attached hydrogen (secondary N) is 1. The molecule has 0 aliphatic carbocycles. The van der Waals surface area contributed by atoms with Crippen molar-refractivity contribution in [3.8, 4) is 0 Å². The maximum absolute atomic E-state index is 11.9. The van der Waals surface area contributed by atoms with E-state index in [4.69, 9.17) is 11.6 Å². The number of hydrogen-bond donors (Lipinski definition) is 1. The van der Waals surface area contributed by atoms with Gasteiger partial charge in [-0.05, 0) is 6.07 Å². The van der Waals surface area contributed by atoms with Crippen LogP contribution in [0.3, 0.4) is 0 Å². The molecule has 0 unspecified atom stereocenters. The highest BCUT2D eigenvalue weighted by Crippen LogP contribution is 2.17. The third-order valence-electron chi connectivity index (χ3n) is 1.07. The van der Waals surface area contributed by atoms with Crippen LogP contribution in [0.15, 0.2) is 16.9 Å². The smallest absolute Gasteiger partial charge is 0.278 e. The summed E-state index contributed by atoms with van der Waals surface area (Å²) < 4.78 is 23.8. The van der Waals surface area contributed by atoms with Crippen molar-refractivity contribution in [2.45, 2.75) is 6.43 Å². The van der Waals surface area contributed by atoms with Crippen molar-refractivity contribution < 1.29 is 8.78 Å². The van der Waals surface area contributed by atoms with E-state index in [1.807, 2.05) is 4.98 Å². The first-order valence-corrected chi connectivity index (χ1v) is 3.15. The highest BCUT2D eigenvalue weighted by molar-refractivity contribution is 6.30. The van der Waals surface area contributed by atoms with E-state index in [1.165, 1.54) is 0 Å². The fourth-order valence-electron chi connectivity index (χ4n) is 0.647. The molecule has 5 heteroatoms. The van der Waals surface area contributed by atoms with Gasteiger partial charge in [-0.25, -0.2) is 8.78 Å². The molecule has 0 radical (unpaired) electrons. The summed E-state index contributed by atoms with van der Waals surface area (Å²) in [5.74, 6) is 0. The number of aromatic amines is 1. The van der Waals surface area contributed by atoms with Crippen molar-refractivity contribution in [2.24, 2.45) is 0 Å². The molecule has 0 atom stereocenters. The van der Waals surface area contributed by atoms with Gasteiger partial charge in [-0.2, -0.15) is 0 Å². The lowest BCUT2D eigenvalue weighted by molar-refractivity contribution is 0.146. The molecule has 60 valence electrons. The predicted molar refractivity (Wildman–Crippen MR) is 37.0 cm³/mol. The Morgan fingerprint density at radius 2 is 2.09 bits per heavy atom. The molecule has 0 bridgehead atoms. The first-order valence-electron chi connectivity index (χ1n) is 2.77. The van der Waals surface area contributed by atoms with E-state index in [2.05, 4.69) is 0 Å². The van der Waals surface area contributed by atoms with Crippen LogP contribution in [-0.2, 0) is 0 Å². The molecule has 0 saturated heterocycles. The van der Waals surface area contributed by atoms with Gasteiger partial charge in [0.2, 0.25) is 5.56 Å². The summed E-state index contributed by atoms with van der Waals surface area (Å²) in [6.45, 7) is 0. The molecule has 1 heterocycles. The predicted octanol–water partition coefficient (Wildman–Crippen LogP) is 1.97. The molecule has 0 fully saturated rings. The minimum Gasteiger partial charge on any atom is -0.321 e. The molecular weight excluding hydrogens is 176 g/mol. The first kappa shape index (κ1) is 8.20. The fraction of sp³-hybridized carbons (Fsp3) is 0.167. The van der Waals surface area contributed by atoms with Gasteiger partial charge in [-0.3, -0.25) is 4.79 Å². The van der Waals surface area contributed by atoms with Crippen LogP contribution in [0.2, 0.25) is 5.02 Å². The van der Waals surface area contributed by atoms with E-state index in [1.54, 1.807) is 0 Å². The number of aromatic nitrogens is 1. The van der Waals surface area contributed by atoms with E-state index in [0.29, 0.717) is 0 Å². The van der Waals surface area contributed by atoms with E-state index in [9.17, 15) is 13.6 Å². The summed E-state index contributed by atoms with van der Waals surface area (Å²) in [6.07, 6.45) is -2.69. The second kappa shape index (κ2) is 3.00. The molecule has 0 aliphatic heterocycles. The average molecular weight is 180 g/mol. The van der Waals surface area contributed by atoms with Crippen LogP contribution in [0.25, 0.3) is 0 Å². The maximum atomic E-state index is 11.9. The van der Waals surface area contributed by atoms with Gasteiger partial charge in [-0.15, -0.1) is 0 Å². The number of H-pyrrole nitrogens is 1. The number of halogens is 3. The Labute approximate surface area is 65.8 Å². The molecule has 1 aromatic heterocycles. The number of pyridine rings is 1. The van der Waals surface area contributed by atoms with Crippen LogP contribution in [0.4, 0.5) is 8.78 Å². The second-order valence-corrected chi connectivity index (χ2v) is 2.36. The van der Waals surface area contributed by atoms with Crippen LogP contribution in [0.1, 0.15) is 12.1 Å². The third kappa shape index (κ3) is 2.01. The van der Waals surface area contributed by atoms with Crippen LogP contribution < -0.4 is 5.56 Å². The van der Waals surface area contributed by atoms with Gasteiger partial charge in [0.1, 0.15) is 0 Å². The Hall–Kier alpha value is -0.900. The molecule has 0 amide bonds. The van der Waals surface area contributed by atoms with Crippen molar-refractivity contribution in [2.75, 3.05) is 0 Å². The maximum Gasteiger partial charge on any atom is 0.278 e. The second-order valence-electron chi connectivity index (χ2n) is 1.92. The zero-order valence-corrected chi connectivity index (χ0v) is 6.03.